The molecule has 1 saturated heterocycles. The molecule has 1 aliphatic heterocycles. The van der Waals surface area contributed by atoms with Gasteiger partial charge >= 0.3 is 0 Å². The van der Waals surface area contributed by atoms with Gasteiger partial charge in [-0.15, -0.1) is 0 Å². The molecule has 2 aromatic carbocycles. The van der Waals surface area contributed by atoms with E-state index in [0.29, 0.717) is 61.8 Å². The maximum atomic E-state index is 12.8. The van der Waals surface area contributed by atoms with Crippen LogP contribution in [0.4, 0.5) is 0 Å². The third-order valence-corrected chi connectivity index (χ3v) is 5.44. The quantitative estimate of drug-likeness (QED) is 0.643. The number of hydrogen-bond donors (Lipinski definition) is 1. The highest BCUT2D eigenvalue weighted by molar-refractivity contribution is 5.95. The standard InChI is InChI=1S/C24H30N2O6/c1-29-20-15-17(16-21(30-2)23(20)31-3)24(28)25-18-9-12-26(13-10-18)22(27)11-14-32-19-7-5-4-6-8-19/h4-8,15-16,18H,9-14H2,1-3H3,(H,25,28). The zero-order valence-electron chi connectivity index (χ0n) is 18.8. The van der Waals surface area contributed by atoms with E-state index in [1.165, 1.54) is 21.3 Å². The summed E-state index contributed by atoms with van der Waals surface area (Å²) in [5.41, 5.74) is 0.427. The molecule has 8 nitrogen and oxygen atoms in total. The second kappa shape index (κ2) is 11.3. The molecule has 1 fully saturated rings. The van der Waals surface area contributed by atoms with Crippen LogP contribution in [0.1, 0.15) is 29.6 Å². The molecule has 32 heavy (non-hydrogen) atoms. The van der Waals surface area contributed by atoms with Gasteiger partial charge in [0.05, 0.1) is 34.4 Å². The minimum Gasteiger partial charge on any atom is -0.493 e. The number of methoxy groups -OCH3 is 3. The summed E-state index contributed by atoms with van der Waals surface area (Å²) in [6.07, 6.45) is 1.72. The topological polar surface area (TPSA) is 86.3 Å². The van der Waals surface area contributed by atoms with Gasteiger partial charge in [-0.1, -0.05) is 18.2 Å². The van der Waals surface area contributed by atoms with Crippen LogP contribution >= 0.6 is 0 Å². The number of likely N-dealkylation sites (tertiary alicyclic amines) is 1. The van der Waals surface area contributed by atoms with Crippen molar-refractivity contribution in [2.45, 2.75) is 25.3 Å². The van der Waals surface area contributed by atoms with Gasteiger partial charge in [0.15, 0.2) is 11.5 Å². The summed E-state index contributed by atoms with van der Waals surface area (Å²) < 4.78 is 21.6. The van der Waals surface area contributed by atoms with Crippen molar-refractivity contribution in [3.05, 3.63) is 48.0 Å². The summed E-state index contributed by atoms with van der Waals surface area (Å²) in [7, 11) is 4.54. The molecule has 8 heteroatoms. The van der Waals surface area contributed by atoms with Gasteiger partial charge in [-0.05, 0) is 37.1 Å². The lowest BCUT2D eigenvalue weighted by molar-refractivity contribution is -0.132. The fraction of sp³-hybridized carbons (Fsp3) is 0.417. The molecule has 1 N–H and O–H groups in total. The molecule has 0 aliphatic carbocycles. The van der Waals surface area contributed by atoms with Crippen molar-refractivity contribution in [3.63, 3.8) is 0 Å². The van der Waals surface area contributed by atoms with Crippen molar-refractivity contribution in [2.75, 3.05) is 41.0 Å². The Hall–Kier alpha value is -3.42. The van der Waals surface area contributed by atoms with E-state index < -0.39 is 0 Å². The number of carbonyl (C=O) groups is 2. The molecule has 2 amide bonds. The molecule has 0 spiro atoms. The Bertz CT molecular complexity index is 885. The van der Waals surface area contributed by atoms with Gasteiger partial charge in [0.25, 0.3) is 5.91 Å². The second-order valence-corrected chi connectivity index (χ2v) is 7.45. The van der Waals surface area contributed by atoms with E-state index in [1.807, 2.05) is 35.2 Å². The number of nitrogens with one attached hydrogen (secondary N) is 1. The monoisotopic (exact) mass is 442 g/mol. The number of rotatable bonds is 9. The first-order valence-electron chi connectivity index (χ1n) is 10.6. The Labute approximate surface area is 188 Å². The van der Waals surface area contributed by atoms with Crippen LogP contribution in [0.15, 0.2) is 42.5 Å². The largest absolute Gasteiger partial charge is 0.493 e. The number of piperidine rings is 1. The molecule has 0 radical (unpaired) electrons. The van der Waals surface area contributed by atoms with Crippen LogP contribution in [0, 0.1) is 0 Å². The predicted molar refractivity (Wildman–Crippen MR) is 120 cm³/mol. The number of carbonyl (C=O) groups excluding carboxylic acids is 2. The van der Waals surface area contributed by atoms with E-state index in [9.17, 15) is 9.59 Å². The van der Waals surface area contributed by atoms with Crippen LogP contribution in [0.3, 0.4) is 0 Å². The zero-order valence-corrected chi connectivity index (χ0v) is 18.8. The van der Waals surface area contributed by atoms with E-state index in [0.717, 1.165) is 5.75 Å². The Kier molecular flexibility index (Phi) is 8.19. The van der Waals surface area contributed by atoms with E-state index in [1.54, 1.807) is 12.1 Å². The maximum absolute atomic E-state index is 12.8. The molecule has 3 rings (SSSR count). The molecule has 1 aliphatic rings. The summed E-state index contributed by atoms with van der Waals surface area (Å²) in [4.78, 5) is 27.1. The summed E-state index contributed by atoms with van der Waals surface area (Å²) in [6.45, 7) is 1.55. The summed E-state index contributed by atoms with van der Waals surface area (Å²) in [6, 6.07) is 12.7. The highest BCUT2D eigenvalue weighted by Crippen LogP contribution is 2.38. The van der Waals surface area contributed by atoms with Crippen molar-refractivity contribution in [2.24, 2.45) is 0 Å². The molecular weight excluding hydrogens is 412 g/mol. The fourth-order valence-corrected chi connectivity index (χ4v) is 3.69. The van der Waals surface area contributed by atoms with Crippen LogP contribution in [-0.2, 0) is 4.79 Å². The van der Waals surface area contributed by atoms with E-state index in [2.05, 4.69) is 5.32 Å². The lowest BCUT2D eigenvalue weighted by Gasteiger charge is -2.32. The molecule has 0 aromatic heterocycles. The Balaban J connectivity index is 1.48. The first-order chi connectivity index (χ1) is 15.5. The van der Waals surface area contributed by atoms with Crippen molar-refractivity contribution in [3.8, 4) is 23.0 Å². The summed E-state index contributed by atoms with van der Waals surface area (Å²) in [5.74, 6) is 1.90. The second-order valence-electron chi connectivity index (χ2n) is 7.45. The van der Waals surface area contributed by atoms with Crippen molar-refractivity contribution < 1.29 is 28.5 Å². The molecular formula is C24H30N2O6. The Morgan fingerprint density at radius 3 is 2.16 bits per heavy atom. The highest BCUT2D eigenvalue weighted by atomic mass is 16.5. The van der Waals surface area contributed by atoms with Gasteiger partial charge in [-0.25, -0.2) is 0 Å². The minimum absolute atomic E-state index is 0.00814. The van der Waals surface area contributed by atoms with Gasteiger partial charge in [0.2, 0.25) is 11.7 Å². The van der Waals surface area contributed by atoms with Crippen LogP contribution in [-0.4, -0.2) is 63.8 Å². The minimum atomic E-state index is -0.217. The van der Waals surface area contributed by atoms with E-state index in [-0.39, 0.29) is 17.9 Å². The molecule has 0 saturated carbocycles. The predicted octanol–water partition coefficient (Wildman–Crippen LogP) is 2.90. The third kappa shape index (κ3) is 5.84. The summed E-state index contributed by atoms with van der Waals surface area (Å²) >= 11 is 0. The average Bonchev–Trinajstić information content (AvgIpc) is 2.84. The lowest BCUT2D eigenvalue weighted by atomic mass is 10.0. The van der Waals surface area contributed by atoms with E-state index in [4.69, 9.17) is 18.9 Å². The molecule has 0 atom stereocenters. The normalized spacial score (nSPS) is 13.9. The third-order valence-electron chi connectivity index (χ3n) is 5.44. The number of amides is 2. The highest BCUT2D eigenvalue weighted by Gasteiger charge is 2.25. The maximum Gasteiger partial charge on any atom is 0.251 e. The Morgan fingerprint density at radius 1 is 0.969 bits per heavy atom. The summed E-state index contributed by atoms with van der Waals surface area (Å²) in [5, 5.41) is 3.05. The molecule has 1 heterocycles. The molecule has 172 valence electrons. The SMILES string of the molecule is COc1cc(C(=O)NC2CCN(C(=O)CCOc3ccccc3)CC2)cc(OC)c1OC. The van der Waals surface area contributed by atoms with Crippen molar-refractivity contribution in [1.29, 1.82) is 0 Å². The van der Waals surface area contributed by atoms with Crippen LogP contribution in [0.2, 0.25) is 0 Å². The van der Waals surface area contributed by atoms with Gasteiger partial charge in [0, 0.05) is 24.7 Å². The molecule has 0 unspecified atom stereocenters. The van der Waals surface area contributed by atoms with Crippen LogP contribution in [0.5, 0.6) is 23.0 Å². The fourth-order valence-electron chi connectivity index (χ4n) is 3.69. The van der Waals surface area contributed by atoms with Crippen molar-refractivity contribution >= 4 is 11.8 Å². The first-order valence-corrected chi connectivity index (χ1v) is 10.6. The number of para-hydroxylation sites is 1. The Morgan fingerprint density at radius 2 is 1.59 bits per heavy atom. The number of benzene rings is 2. The molecule has 0 bridgehead atoms. The van der Waals surface area contributed by atoms with Crippen LogP contribution in [0.25, 0.3) is 0 Å². The van der Waals surface area contributed by atoms with Gasteiger partial charge in [-0.2, -0.15) is 0 Å². The molecule has 2 aromatic rings. The zero-order chi connectivity index (χ0) is 22.9. The van der Waals surface area contributed by atoms with Gasteiger partial charge in [0.1, 0.15) is 5.75 Å². The van der Waals surface area contributed by atoms with Gasteiger partial charge in [-0.3, -0.25) is 9.59 Å². The number of hydrogen-bond acceptors (Lipinski definition) is 6. The smallest absolute Gasteiger partial charge is 0.251 e. The van der Waals surface area contributed by atoms with Crippen molar-refractivity contribution in [1.82, 2.24) is 10.2 Å². The van der Waals surface area contributed by atoms with Gasteiger partial charge < -0.3 is 29.2 Å². The average molecular weight is 443 g/mol. The van der Waals surface area contributed by atoms with E-state index >= 15 is 0 Å². The number of nitrogens with zero attached hydrogens (tertiary/aromatic N) is 1. The first kappa shape index (κ1) is 23.2. The lowest BCUT2D eigenvalue weighted by Crippen LogP contribution is -2.46. The number of ether oxygens (including phenoxy) is 4. The van der Waals surface area contributed by atoms with Crippen LogP contribution < -0.4 is 24.3 Å².